The van der Waals surface area contributed by atoms with Crippen molar-refractivity contribution in [1.29, 1.82) is 0 Å². The molecule has 2 aromatic rings. The summed E-state index contributed by atoms with van der Waals surface area (Å²) in [5.41, 5.74) is 0.316. The van der Waals surface area contributed by atoms with Gasteiger partial charge in [-0.15, -0.1) is 10.2 Å². The van der Waals surface area contributed by atoms with Crippen LogP contribution < -0.4 is 5.32 Å². The lowest BCUT2D eigenvalue weighted by Gasteiger charge is -2.31. The molecule has 0 aromatic carbocycles. The van der Waals surface area contributed by atoms with E-state index < -0.39 is 11.7 Å². The number of pyridine rings is 1. The van der Waals surface area contributed by atoms with Crippen molar-refractivity contribution in [3.63, 3.8) is 0 Å². The summed E-state index contributed by atoms with van der Waals surface area (Å²) in [5, 5.41) is 10.3. The van der Waals surface area contributed by atoms with Crippen LogP contribution >= 0.6 is 0 Å². The molecule has 0 saturated carbocycles. The highest BCUT2D eigenvalue weighted by Crippen LogP contribution is 2.25. The van der Waals surface area contributed by atoms with Crippen molar-refractivity contribution in [2.45, 2.75) is 25.0 Å². The third-order valence-corrected chi connectivity index (χ3v) is 4.40. The van der Waals surface area contributed by atoms with Crippen LogP contribution in [0.2, 0.25) is 0 Å². The summed E-state index contributed by atoms with van der Waals surface area (Å²) in [6.07, 6.45) is 3.95. The monoisotopic (exact) mass is 347 g/mol. The van der Waals surface area contributed by atoms with E-state index in [1.54, 1.807) is 0 Å². The van der Waals surface area contributed by atoms with E-state index in [0.29, 0.717) is 24.4 Å². The fourth-order valence-corrected chi connectivity index (χ4v) is 3.21. The minimum Gasteiger partial charge on any atom is -0.411 e. The first-order valence-electron chi connectivity index (χ1n) is 8.29. The third kappa shape index (κ3) is 3.67. The number of rotatable bonds is 5. The fourth-order valence-electron chi connectivity index (χ4n) is 3.21. The van der Waals surface area contributed by atoms with Gasteiger partial charge >= 0.3 is 11.8 Å². The van der Waals surface area contributed by atoms with Gasteiger partial charge < -0.3 is 14.5 Å². The molecule has 2 bridgehead atoms. The summed E-state index contributed by atoms with van der Waals surface area (Å²) in [6, 6.07) is 2.65. The Kier molecular flexibility index (Phi) is 4.41. The molecular weight excluding hydrogens is 329 g/mol. The van der Waals surface area contributed by atoms with Crippen LogP contribution in [0.5, 0.6) is 0 Å². The molecule has 4 heterocycles. The zero-order valence-electron chi connectivity index (χ0n) is 13.5. The molecule has 132 valence electrons. The Morgan fingerprint density at radius 1 is 1.28 bits per heavy atom. The predicted molar refractivity (Wildman–Crippen MR) is 84.2 cm³/mol. The van der Waals surface area contributed by atoms with E-state index in [-0.39, 0.29) is 11.8 Å². The molecule has 9 heteroatoms. The van der Waals surface area contributed by atoms with Gasteiger partial charge in [-0.05, 0) is 25.0 Å². The quantitative estimate of drug-likeness (QED) is 0.857. The lowest BCUT2D eigenvalue weighted by molar-refractivity contribution is -0.0375. The maximum absolute atomic E-state index is 12.9. The standard InChI is InChI=1S/C16H18FN5O3/c17-10-1-4-13(19-7-10)15-20-21-16(25-15)14(23)18-5-6-22-8-11-2-3-12(9-22)24-11/h1,4,7,11-12H,2-3,5-6,8-9H2,(H,18,23). The molecule has 2 saturated heterocycles. The van der Waals surface area contributed by atoms with Gasteiger partial charge in [0.25, 0.3) is 5.89 Å². The van der Waals surface area contributed by atoms with Gasteiger partial charge in [0.2, 0.25) is 0 Å². The van der Waals surface area contributed by atoms with Crippen LogP contribution in [0.3, 0.4) is 0 Å². The van der Waals surface area contributed by atoms with Crippen molar-refractivity contribution in [3.8, 4) is 11.6 Å². The Morgan fingerprint density at radius 2 is 2.08 bits per heavy atom. The van der Waals surface area contributed by atoms with E-state index in [0.717, 1.165) is 38.7 Å². The number of amides is 1. The van der Waals surface area contributed by atoms with E-state index in [4.69, 9.17) is 9.15 Å². The van der Waals surface area contributed by atoms with E-state index in [2.05, 4.69) is 25.4 Å². The molecule has 0 spiro atoms. The molecule has 25 heavy (non-hydrogen) atoms. The van der Waals surface area contributed by atoms with Gasteiger partial charge in [0.05, 0.1) is 18.4 Å². The van der Waals surface area contributed by atoms with Crippen molar-refractivity contribution < 1.29 is 18.3 Å². The third-order valence-electron chi connectivity index (χ3n) is 4.40. The smallest absolute Gasteiger partial charge is 0.308 e. The Morgan fingerprint density at radius 3 is 2.80 bits per heavy atom. The van der Waals surface area contributed by atoms with Gasteiger partial charge in [-0.2, -0.15) is 0 Å². The molecule has 2 aliphatic rings. The van der Waals surface area contributed by atoms with Crippen LogP contribution in [0.4, 0.5) is 4.39 Å². The number of nitrogens with one attached hydrogen (secondary N) is 1. The number of hydrogen-bond donors (Lipinski definition) is 1. The first kappa shape index (κ1) is 16.1. The Bertz CT molecular complexity index is 738. The highest BCUT2D eigenvalue weighted by molar-refractivity contribution is 5.89. The summed E-state index contributed by atoms with van der Waals surface area (Å²) in [5.74, 6) is -0.951. The number of likely N-dealkylation sites (tertiary alicyclic amines) is 1. The van der Waals surface area contributed by atoms with Crippen LogP contribution in [-0.4, -0.2) is 64.4 Å². The Labute approximate surface area is 143 Å². The van der Waals surface area contributed by atoms with Gasteiger partial charge in [-0.3, -0.25) is 9.69 Å². The number of nitrogens with zero attached hydrogens (tertiary/aromatic N) is 4. The normalized spacial score (nSPS) is 22.9. The largest absolute Gasteiger partial charge is 0.411 e. The topological polar surface area (TPSA) is 93.4 Å². The summed E-state index contributed by atoms with van der Waals surface area (Å²) < 4.78 is 24.0. The Balaban J connectivity index is 1.29. The molecule has 2 atom stereocenters. The summed E-state index contributed by atoms with van der Waals surface area (Å²) in [7, 11) is 0. The molecule has 1 N–H and O–H groups in total. The molecule has 0 aliphatic carbocycles. The van der Waals surface area contributed by atoms with Crippen molar-refractivity contribution in [2.24, 2.45) is 0 Å². The van der Waals surface area contributed by atoms with Crippen LogP contribution in [0.25, 0.3) is 11.6 Å². The van der Waals surface area contributed by atoms with Gasteiger partial charge in [-0.25, -0.2) is 9.37 Å². The first-order chi connectivity index (χ1) is 12.2. The number of carbonyl (C=O) groups excluding carboxylic acids is 1. The minimum atomic E-state index is -0.460. The minimum absolute atomic E-state index is 0.0786. The maximum atomic E-state index is 12.9. The van der Waals surface area contributed by atoms with Crippen LogP contribution in [0.1, 0.15) is 23.5 Å². The van der Waals surface area contributed by atoms with Gasteiger partial charge in [0.15, 0.2) is 0 Å². The van der Waals surface area contributed by atoms with Crippen LogP contribution in [0, 0.1) is 5.82 Å². The molecule has 2 aromatic heterocycles. The van der Waals surface area contributed by atoms with Crippen molar-refractivity contribution in [3.05, 3.63) is 30.0 Å². The van der Waals surface area contributed by atoms with Gasteiger partial charge in [0.1, 0.15) is 11.5 Å². The molecule has 4 rings (SSSR count). The summed E-state index contributed by atoms with van der Waals surface area (Å²) in [6.45, 7) is 3.06. The van der Waals surface area contributed by atoms with Crippen molar-refractivity contribution in [2.75, 3.05) is 26.2 Å². The predicted octanol–water partition coefficient (Wildman–Crippen LogP) is 0.864. The number of fused-ring (bicyclic) bond motifs is 2. The SMILES string of the molecule is O=C(NCCN1CC2CCC(C1)O2)c1nnc(-c2ccc(F)cn2)o1. The molecule has 8 nitrogen and oxygen atoms in total. The number of morpholine rings is 1. The van der Waals surface area contributed by atoms with E-state index >= 15 is 0 Å². The van der Waals surface area contributed by atoms with Crippen LogP contribution in [0.15, 0.2) is 22.7 Å². The van der Waals surface area contributed by atoms with Crippen LogP contribution in [-0.2, 0) is 4.74 Å². The van der Waals surface area contributed by atoms with E-state index in [1.165, 1.54) is 12.1 Å². The van der Waals surface area contributed by atoms with Crippen molar-refractivity contribution >= 4 is 5.91 Å². The second kappa shape index (κ2) is 6.85. The van der Waals surface area contributed by atoms with Crippen molar-refractivity contribution in [1.82, 2.24) is 25.4 Å². The van der Waals surface area contributed by atoms with E-state index in [1.807, 2.05) is 0 Å². The summed E-state index contributed by atoms with van der Waals surface area (Å²) >= 11 is 0. The average molecular weight is 347 g/mol. The second-order valence-corrected chi connectivity index (χ2v) is 6.25. The average Bonchev–Trinajstić information content (AvgIpc) is 3.22. The lowest BCUT2D eigenvalue weighted by atomic mass is 10.2. The number of carbonyl (C=O) groups is 1. The number of aromatic nitrogens is 3. The number of hydrogen-bond acceptors (Lipinski definition) is 7. The molecule has 0 radical (unpaired) electrons. The molecule has 1 amide bonds. The highest BCUT2D eigenvalue weighted by atomic mass is 19.1. The molecular formula is C16H18FN5O3. The zero-order chi connectivity index (χ0) is 17.2. The highest BCUT2D eigenvalue weighted by Gasteiger charge is 2.33. The van der Waals surface area contributed by atoms with E-state index in [9.17, 15) is 9.18 Å². The number of halogens is 1. The molecule has 2 fully saturated rings. The fraction of sp³-hybridized carbons (Fsp3) is 0.500. The lowest BCUT2D eigenvalue weighted by Crippen LogP contribution is -2.45. The maximum Gasteiger partial charge on any atom is 0.308 e. The Hall–Kier alpha value is -2.39. The van der Waals surface area contributed by atoms with Gasteiger partial charge in [-0.1, -0.05) is 0 Å². The first-order valence-corrected chi connectivity index (χ1v) is 8.29. The van der Waals surface area contributed by atoms with Gasteiger partial charge in [0, 0.05) is 26.2 Å². The second-order valence-electron chi connectivity index (χ2n) is 6.25. The summed E-state index contributed by atoms with van der Waals surface area (Å²) in [4.78, 5) is 18.2. The number of ether oxygens (including phenoxy) is 1. The molecule has 2 unspecified atom stereocenters. The molecule has 2 aliphatic heterocycles. The zero-order valence-corrected chi connectivity index (χ0v) is 13.5.